The quantitative estimate of drug-likeness (QED) is 0.410. The molecule has 2 aliphatic rings. The minimum atomic E-state index is 0.843. The molecule has 4 atom stereocenters. The van der Waals surface area contributed by atoms with E-state index in [4.69, 9.17) is 0 Å². The Morgan fingerprint density at radius 3 is 1.36 bits per heavy atom. The van der Waals surface area contributed by atoms with Gasteiger partial charge in [0.25, 0.3) is 0 Å². The van der Waals surface area contributed by atoms with Crippen LogP contribution in [0.4, 0.5) is 0 Å². The molecule has 0 aromatic heterocycles. The van der Waals surface area contributed by atoms with Gasteiger partial charge in [-0.25, -0.2) is 0 Å². The van der Waals surface area contributed by atoms with E-state index < -0.39 is 0 Å². The first-order valence-corrected chi connectivity index (χ1v) is 13.5. The third-order valence-corrected chi connectivity index (χ3v) is 6.89. The van der Waals surface area contributed by atoms with Crippen molar-refractivity contribution in [1.29, 1.82) is 0 Å². The Bertz CT molecular complexity index is 766. The Morgan fingerprint density at radius 1 is 0.636 bits per heavy atom. The molecule has 0 heteroatoms. The van der Waals surface area contributed by atoms with Crippen molar-refractivity contribution in [3.05, 3.63) is 82.9 Å². The van der Waals surface area contributed by atoms with E-state index in [0.717, 1.165) is 30.1 Å². The van der Waals surface area contributed by atoms with Gasteiger partial charge in [0.15, 0.2) is 0 Å². The van der Waals surface area contributed by atoms with Crippen molar-refractivity contribution < 1.29 is 0 Å². The van der Waals surface area contributed by atoms with Gasteiger partial charge in [0.05, 0.1) is 0 Å². The molecule has 1 fully saturated rings. The zero-order valence-electron chi connectivity index (χ0n) is 23.0. The summed E-state index contributed by atoms with van der Waals surface area (Å²) in [7, 11) is 0. The summed E-state index contributed by atoms with van der Waals surface area (Å²) in [6.45, 7) is 18.0. The SMILES string of the molecule is CC1C=CC(C)C1.CC1CCC(C)C1.CCCc1ccccc1C.CCc1ccccc1C. The lowest BCUT2D eigenvalue weighted by molar-refractivity contribution is 0.555. The van der Waals surface area contributed by atoms with Crippen LogP contribution in [0.1, 0.15) is 95.9 Å². The molecule has 0 aliphatic heterocycles. The van der Waals surface area contributed by atoms with Gasteiger partial charge in [0.2, 0.25) is 0 Å². The topological polar surface area (TPSA) is 0 Å². The largest absolute Gasteiger partial charge is 0.0854 e. The lowest BCUT2D eigenvalue weighted by Gasteiger charge is -2.01. The molecular weight excluding hydrogens is 396 g/mol. The van der Waals surface area contributed by atoms with Crippen LogP contribution >= 0.6 is 0 Å². The predicted octanol–water partition coefficient (Wildman–Crippen LogP) is 10.2. The van der Waals surface area contributed by atoms with Gasteiger partial charge in [0.1, 0.15) is 0 Å². The molecule has 2 aromatic rings. The van der Waals surface area contributed by atoms with Crippen LogP contribution in [-0.4, -0.2) is 0 Å². The van der Waals surface area contributed by atoms with Crippen molar-refractivity contribution in [2.75, 3.05) is 0 Å². The van der Waals surface area contributed by atoms with Gasteiger partial charge in [-0.2, -0.15) is 0 Å². The van der Waals surface area contributed by atoms with Gasteiger partial charge < -0.3 is 0 Å². The van der Waals surface area contributed by atoms with Gasteiger partial charge in [-0.05, 0) is 85.5 Å². The first kappa shape index (κ1) is 29.2. The van der Waals surface area contributed by atoms with Crippen LogP contribution in [-0.2, 0) is 12.8 Å². The summed E-state index contributed by atoms with van der Waals surface area (Å²) in [4.78, 5) is 0. The highest BCUT2D eigenvalue weighted by atomic mass is 14.2. The molecule has 4 unspecified atom stereocenters. The number of hydrogen-bond acceptors (Lipinski definition) is 0. The molecule has 184 valence electrons. The molecular formula is C33H52. The molecule has 0 bridgehead atoms. The molecule has 0 nitrogen and oxygen atoms in total. The molecule has 2 aliphatic carbocycles. The highest BCUT2D eigenvalue weighted by molar-refractivity contribution is 5.25. The molecule has 0 N–H and O–H groups in total. The summed E-state index contributed by atoms with van der Waals surface area (Å²) in [6, 6.07) is 17.1. The fraction of sp³-hybridized carbons (Fsp3) is 0.576. The standard InChI is InChI=1S/C10H14.C9H12.C7H14.C7H12/c1-3-6-10-8-5-4-7-9(10)2;1-3-9-7-5-4-6-8(9)2;2*1-6-3-4-7(2)5-6/h4-5,7-8H,3,6H2,1-2H3;4-7H,3H2,1-2H3;6-7H,3-5H2,1-2H3;3-4,6-7H,5H2,1-2H3. The molecule has 4 rings (SSSR count). The first-order chi connectivity index (χ1) is 15.8. The Kier molecular flexibility index (Phi) is 14.8. The fourth-order valence-electron chi connectivity index (χ4n) is 4.78. The maximum absolute atomic E-state index is 2.35. The maximum atomic E-state index is 2.35. The Balaban J connectivity index is 0.000000222. The second-order valence-corrected chi connectivity index (χ2v) is 10.6. The number of rotatable bonds is 3. The van der Waals surface area contributed by atoms with Crippen molar-refractivity contribution in [1.82, 2.24) is 0 Å². The van der Waals surface area contributed by atoms with Crippen LogP contribution < -0.4 is 0 Å². The van der Waals surface area contributed by atoms with Gasteiger partial charge in [-0.1, -0.05) is 121 Å². The summed E-state index contributed by atoms with van der Waals surface area (Å²) in [5, 5.41) is 0. The lowest BCUT2D eigenvalue weighted by Crippen LogP contribution is -1.86. The molecule has 0 amide bonds. The molecule has 0 saturated heterocycles. The molecule has 1 saturated carbocycles. The van der Waals surface area contributed by atoms with Crippen LogP contribution in [0.5, 0.6) is 0 Å². The molecule has 0 radical (unpaired) electrons. The van der Waals surface area contributed by atoms with Crippen molar-refractivity contribution in [2.45, 2.75) is 100 Å². The normalized spacial score (nSPS) is 22.9. The third-order valence-electron chi connectivity index (χ3n) is 6.89. The van der Waals surface area contributed by atoms with E-state index in [1.165, 1.54) is 60.8 Å². The second kappa shape index (κ2) is 16.7. The van der Waals surface area contributed by atoms with E-state index in [-0.39, 0.29) is 0 Å². The van der Waals surface area contributed by atoms with Crippen LogP contribution in [0.25, 0.3) is 0 Å². The van der Waals surface area contributed by atoms with Gasteiger partial charge in [-0.15, -0.1) is 0 Å². The number of allylic oxidation sites excluding steroid dienone is 2. The van der Waals surface area contributed by atoms with E-state index >= 15 is 0 Å². The molecule has 0 heterocycles. The van der Waals surface area contributed by atoms with Gasteiger partial charge >= 0.3 is 0 Å². The Morgan fingerprint density at radius 2 is 1.09 bits per heavy atom. The predicted molar refractivity (Wildman–Crippen MR) is 150 cm³/mol. The van der Waals surface area contributed by atoms with E-state index in [0.29, 0.717) is 0 Å². The molecule has 0 spiro atoms. The number of hydrogen-bond donors (Lipinski definition) is 0. The minimum Gasteiger partial charge on any atom is -0.0854 e. The zero-order valence-corrected chi connectivity index (χ0v) is 23.0. The highest BCUT2D eigenvalue weighted by Gasteiger charge is 2.15. The fourth-order valence-corrected chi connectivity index (χ4v) is 4.78. The summed E-state index contributed by atoms with van der Waals surface area (Å²) in [5.41, 5.74) is 5.77. The van der Waals surface area contributed by atoms with Gasteiger partial charge in [-0.3, -0.25) is 0 Å². The Labute approximate surface area is 206 Å². The molecule has 2 aromatic carbocycles. The van der Waals surface area contributed by atoms with E-state index in [1.54, 1.807) is 0 Å². The zero-order chi connectivity index (χ0) is 24.6. The summed E-state index contributed by atoms with van der Waals surface area (Å²) in [6.07, 6.45) is 14.0. The van der Waals surface area contributed by atoms with Crippen LogP contribution in [0.2, 0.25) is 0 Å². The second-order valence-electron chi connectivity index (χ2n) is 10.6. The summed E-state index contributed by atoms with van der Waals surface area (Å²) >= 11 is 0. The third kappa shape index (κ3) is 12.9. The average molecular weight is 449 g/mol. The van der Waals surface area contributed by atoms with Crippen LogP contribution in [0, 0.1) is 37.5 Å². The lowest BCUT2D eigenvalue weighted by atomic mass is 10.1. The van der Waals surface area contributed by atoms with Crippen molar-refractivity contribution in [2.24, 2.45) is 23.7 Å². The van der Waals surface area contributed by atoms with Gasteiger partial charge in [0, 0.05) is 0 Å². The number of benzene rings is 2. The van der Waals surface area contributed by atoms with E-state index in [9.17, 15) is 0 Å². The number of aryl methyl sites for hydroxylation is 4. The minimum absolute atomic E-state index is 0.843. The highest BCUT2D eigenvalue weighted by Crippen LogP contribution is 2.29. The van der Waals surface area contributed by atoms with E-state index in [2.05, 4.69) is 116 Å². The molecule has 33 heavy (non-hydrogen) atoms. The monoisotopic (exact) mass is 448 g/mol. The van der Waals surface area contributed by atoms with Crippen molar-refractivity contribution in [3.63, 3.8) is 0 Å². The van der Waals surface area contributed by atoms with Crippen molar-refractivity contribution >= 4 is 0 Å². The summed E-state index contributed by atoms with van der Waals surface area (Å²) in [5.74, 6) is 3.73. The van der Waals surface area contributed by atoms with Crippen molar-refractivity contribution in [3.8, 4) is 0 Å². The van der Waals surface area contributed by atoms with E-state index in [1.807, 2.05) is 0 Å². The Hall–Kier alpha value is -1.82. The summed E-state index contributed by atoms with van der Waals surface area (Å²) < 4.78 is 0. The average Bonchev–Trinajstić information content (AvgIpc) is 3.37. The first-order valence-electron chi connectivity index (χ1n) is 13.5. The smallest absolute Gasteiger partial charge is 0.0256 e. The van der Waals surface area contributed by atoms with Crippen LogP contribution in [0.15, 0.2) is 60.7 Å². The maximum Gasteiger partial charge on any atom is -0.0256 e. The van der Waals surface area contributed by atoms with Crippen LogP contribution in [0.3, 0.4) is 0 Å².